The number of aryl methyl sites for hydroxylation is 1. The lowest BCUT2D eigenvalue weighted by molar-refractivity contribution is 0.178. The van der Waals surface area contributed by atoms with Gasteiger partial charge in [-0.1, -0.05) is 6.07 Å². The van der Waals surface area contributed by atoms with Crippen LogP contribution in [0.25, 0.3) is 5.82 Å². The number of rotatable bonds is 5. The molecule has 0 aromatic carbocycles. The number of methoxy groups -OCH3 is 1. The Kier molecular flexibility index (Phi) is 4.08. The van der Waals surface area contributed by atoms with Gasteiger partial charge in [0.15, 0.2) is 11.6 Å². The van der Waals surface area contributed by atoms with Crippen LogP contribution in [0.2, 0.25) is 0 Å². The zero-order valence-electron chi connectivity index (χ0n) is 12.0. The monoisotopic (exact) mass is 300 g/mol. The van der Waals surface area contributed by atoms with Gasteiger partial charge in [0.25, 0.3) is 0 Å². The van der Waals surface area contributed by atoms with E-state index in [9.17, 15) is 0 Å². The first-order valence-corrected chi connectivity index (χ1v) is 7.59. The molecule has 0 aliphatic carbocycles. The van der Waals surface area contributed by atoms with Crippen molar-refractivity contribution in [2.75, 3.05) is 7.11 Å². The molecule has 0 spiro atoms. The molecule has 21 heavy (non-hydrogen) atoms. The first kappa shape index (κ1) is 13.9. The number of pyridine rings is 1. The van der Waals surface area contributed by atoms with E-state index in [2.05, 4.69) is 31.9 Å². The van der Waals surface area contributed by atoms with E-state index in [-0.39, 0.29) is 0 Å². The summed E-state index contributed by atoms with van der Waals surface area (Å²) < 4.78 is 6.94. The van der Waals surface area contributed by atoms with Gasteiger partial charge in [-0.3, -0.25) is 0 Å². The van der Waals surface area contributed by atoms with Crippen molar-refractivity contribution in [1.82, 2.24) is 19.7 Å². The average Bonchev–Trinajstić information content (AvgIpc) is 3.10. The molecule has 0 radical (unpaired) electrons. The molecular formula is C15H16N4OS. The summed E-state index contributed by atoms with van der Waals surface area (Å²) in [5.74, 6) is 2.33. The Balaban J connectivity index is 2.00. The second-order valence-electron chi connectivity index (χ2n) is 4.73. The van der Waals surface area contributed by atoms with E-state index in [4.69, 9.17) is 4.74 Å². The van der Waals surface area contributed by atoms with Gasteiger partial charge in [0.2, 0.25) is 0 Å². The normalized spacial score (nSPS) is 11.0. The number of hydrogen-bond acceptors (Lipinski definition) is 5. The van der Waals surface area contributed by atoms with Crippen LogP contribution in [0.15, 0.2) is 35.0 Å². The number of ether oxygens (including phenoxy) is 1. The zero-order chi connectivity index (χ0) is 14.7. The maximum Gasteiger partial charge on any atom is 0.177 e. The molecule has 0 unspecified atom stereocenters. The Morgan fingerprint density at radius 1 is 1.24 bits per heavy atom. The topological polar surface area (TPSA) is 52.8 Å². The molecule has 0 aliphatic heterocycles. The molecule has 0 aliphatic rings. The van der Waals surface area contributed by atoms with Crippen molar-refractivity contribution in [2.45, 2.75) is 20.0 Å². The molecule has 0 fully saturated rings. The second kappa shape index (κ2) is 6.15. The standard InChI is InChI=1S/C15H16N4OS/c1-11-4-3-5-14(16-11)19-15(8-12-6-7-21-10-12)17-13(18-19)9-20-2/h3-7,10H,8-9H2,1-2H3. The first-order chi connectivity index (χ1) is 10.3. The molecule has 0 amide bonds. The van der Waals surface area contributed by atoms with Crippen molar-refractivity contribution in [1.29, 1.82) is 0 Å². The maximum atomic E-state index is 5.13. The summed E-state index contributed by atoms with van der Waals surface area (Å²) in [4.78, 5) is 9.10. The quantitative estimate of drug-likeness (QED) is 0.727. The fourth-order valence-corrected chi connectivity index (χ4v) is 2.77. The minimum Gasteiger partial charge on any atom is -0.377 e. The Labute approximate surface area is 127 Å². The van der Waals surface area contributed by atoms with Gasteiger partial charge in [0, 0.05) is 19.2 Å². The van der Waals surface area contributed by atoms with Crippen LogP contribution in [0.1, 0.15) is 22.9 Å². The summed E-state index contributed by atoms with van der Waals surface area (Å²) in [6.45, 7) is 2.37. The lowest BCUT2D eigenvalue weighted by Crippen LogP contribution is -2.06. The Hall–Kier alpha value is -2.05. The molecule has 3 aromatic rings. The molecule has 3 rings (SSSR count). The van der Waals surface area contributed by atoms with E-state index in [1.807, 2.05) is 25.1 Å². The molecule has 0 saturated carbocycles. The van der Waals surface area contributed by atoms with Gasteiger partial charge in [0.1, 0.15) is 12.4 Å². The van der Waals surface area contributed by atoms with E-state index in [0.717, 1.165) is 23.8 Å². The van der Waals surface area contributed by atoms with Crippen LogP contribution in [0.3, 0.4) is 0 Å². The molecule has 5 nitrogen and oxygen atoms in total. The van der Waals surface area contributed by atoms with Crippen LogP contribution < -0.4 is 0 Å². The zero-order valence-corrected chi connectivity index (χ0v) is 12.8. The average molecular weight is 300 g/mol. The number of thiophene rings is 1. The largest absolute Gasteiger partial charge is 0.377 e. The van der Waals surface area contributed by atoms with Crippen LogP contribution >= 0.6 is 11.3 Å². The molecule has 0 atom stereocenters. The van der Waals surface area contributed by atoms with Crippen LogP contribution in [-0.2, 0) is 17.8 Å². The number of hydrogen-bond donors (Lipinski definition) is 0. The molecular weight excluding hydrogens is 284 g/mol. The van der Waals surface area contributed by atoms with Crippen LogP contribution in [0, 0.1) is 6.92 Å². The summed E-state index contributed by atoms with van der Waals surface area (Å²) in [6, 6.07) is 7.98. The van der Waals surface area contributed by atoms with Crippen molar-refractivity contribution < 1.29 is 4.74 Å². The van der Waals surface area contributed by atoms with Crippen molar-refractivity contribution in [3.8, 4) is 5.82 Å². The second-order valence-corrected chi connectivity index (χ2v) is 5.51. The first-order valence-electron chi connectivity index (χ1n) is 6.65. The van der Waals surface area contributed by atoms with E-state index in [1.54, 1.807) is 23.1 Å². The van der Waals surface area contributed by atoms with Crippen LogP contribution in [0.4, 0.5) is 0 Å². The van der Waals surface area contributed by atoms with Gasteiger partial charge < -0.3 is 4.74 Å². The van der Waals surface area contributed by atoms with Gasteiger partial charge in [-0.25, -0.2) is 9.97 Å². The van der Waals surface area contributed by atoms with Gasteiger partial charge in [0.05, 0.1) is 0 Å². The van der Waals surface area contributed by atoms with Crippen molar-refractivity contribution in [3.63, 3.8) is 0 Å². The van der Waals surface area contributed by atoms with Crippen molar-refractivity contribution in [3.05, 3.63) is 57.9 Å². The number of aromatic nitrogens is 4. The van der Waals surface area contributed by atoms with Gasteiger partial charge in [-0.05, 0) is 41.4 Å². The fraction of sp³-hybridized carbons (Fsp3) is 0.267. The highest BCUT2D eigenvalue weighted by Gasteiger charge is 2.13. The molecule has 0 N–H and O–H groups in total. The lowest BCUT2D eigenvalue weighted by atomic mass is 10.2. The highest BCUT2D eigenvalue weighted by Crippen LogP contribution is 2.15. The van der Waals surface area contributed by atoms with Crippen molar-refractivity contribution >= 4 is 11.3 Å². The predicted molar refractivity (Wildman–Crippen MR) is 81.7 cm³/mol. The predicted octanol–water partition coefficient (Wildman–Crippen LogP) is 2.77. The molecule has 108 valence electrons. The molecule has 0 saturated heterocycles. The third-order valence-electron chi connectivity index (χ3n) is 3.02. The molecule has 3 heterocycles. The van der Waals surface area contributed by atoms with Gasteiger partial charge in [-0.2, -0.15) is 16.0 Å². The SMILES string of the molecule is COCc1nc(Cc2ccsc2)n(-c2cccc(C)n2)n1. The lowest BCUT2D eigenvalue weighted by Gasteiger charge is -2.04. The summed E-state index contributed by atoms with van der Waals surface area (Å²) in [5, 5.41) is 8.70. The smallest absolute Gasteiger partial charge is 0.177 e. The van der Waals surface area contributed by atoms with E-state index in [0.29, 0.717) is 12.4 Å². The van der Waals surface area contributed by atoms with Crippen LogP contribution in [0.5, 0.6) is 0 Å². The summed E-state index contributed by atoms with van der Waals surface area (Å²) in [5.41, 5.74) is 2.18. The molecule has 0 bridgehead atoms. The van der Waals surface area contributed by atoms with E-state index in [1.165, 1.54) is 5.56 Å². The minimum atomic E-state index is 0.398. The summed E-state index contributed by atoms with van der Waals surface area (Å²) in [6.07, 6.45) is 0.732. The highest BCUT2D eigenvalue weighted by atomic mass is 32.1. The van der Waals surface area contributed by atoms with E-state index < -0.39 is 0 Å². The summed E-state index contributed by atoms with van der Waals surface area (Å²) >= 11 is 1.68. The Bertz CT molecular complexity index is 721. The highest BCUT2D eigenvalue weighted by molar-refractivity contribution is 7.07. The van der Waals surface area contributed by atoms with Gasteiger partial charge >= 0.3 is 0 Å². The third-order valence-corrected chi connectivity index (χ3v) is 3.76. The van der Waals surface area contributed by atoms with E-state index >= 15 is 0 Å². The van der Waals surface area contributed by atoms with Crippen LogP contribution in [-0.4, -0.2) is 26.9 Å². The minimum absolute atomic E-state index is 0.398. The van der Waals surface area contributed by atoms with Gasteiger partial charge in [-0.15, -0.1) is 5.10 Å². The third kappa shape index (κ3) is 3.17. The maximum absolute atomic E-state index is 5.13. The molecule has 6 heteroatoms. The Morgan fingerprint density at radius 2 is 2.14 bits per heavy atom. The fourth-order valence-electron chi connectivity index (χ4n) is 2.10. The molecule has 3 aromatic heterocycles. The Morgan fingerprint density at radius 3 is 2.86 bits per heavy atom. The number of nitrogens with zero attached hydrogens (tertiary/aromatic N) is 4. The van der Waals surface area contributed by atoms with Crippen molar-refractivity contribution in [2.24, 2.45) is 0 Å². The summed E-state index contributed by atoms with van der Waals surface area (Å²) in [7, 11) is 1.64.